The van der Waals surface area contributed by atoms with Crippen LogP contribution in [0.15, 0.2) is 4.79 Å². The minimum absolute atomic E-state index is 0.119. The zero-order chi connectivity index (χ0) is 11.2. The first kappa shape index (κ1) is 9.97. The SMILES string of the molecule is CN(C)c1nc(Cl)nc2[nH]c(=O)n(C)c12. The predicted molar refractivity (Wildman–Crippen MR) is 58.5 cm³/mol. The number of aromatic amines is 1. The van der Waals surface area contributed by atoms with E-state index >= 15 is 0 Å². The van der Waals surface area contributed by atoms with Gasteiger partial charge in [0.25, 0.3) is 0 Å². The van der Waals surface area contributed by atoms with Gasteiger partial charge in [-0.2, -0.15) is 9.97 Å². The number of nitrogens with one attached hydrogen (secondary N) is 1. The highest BCUT2D eigenvalue weighted by molar-refractivity contribution is 6.28. The summed E-state index contributed by atoms with van der Waals surface area (Å²) in [5.41, 5.74) is 0.866. The lowest BCUT2D eigenvalue weighted by Gasteiger charge is -2.12. The van der Waals surface area contributed by atoms with Crippen LogP contribution in [0, 0.1) is 0 Å². The Kier molecular flexibility index (Phi) is 2.15. The Morgan fingerprint density at radius 1 is 1.40 bits per heavy atom. The Balaban J connectivity index is 2.94. The van der Waals surface area contributed by atoms with Crippen molar-refractivity contribution in [1.82, 2.24) is 19.5 Å². The molecule has 0 aromatic carbocycles. The van der Waals surface area contributed by atoms with Gasteiger partial charge in [0.1, 0.15) is 5.52 Å². The molecule has 0 radical (unpaired) electrons. The molecule has 0 fully saturated rings. The molecule has 0 aliphatic rings. The van der Waals surface area contributed by atoms with Gasteiger partial charge in [-0.15, -0.1) is 0 Å². The molecule has 2 aromatic rings. The minimum atomic E-state index is -0.232. The highest BCUT2D eigenvalue weighted by Crippen LogP contribution is 2.20. The molecule has 0 atom stereocenters. The Morgan fingerprint density at radius 2 is 2.07 bits per heavy atom. The topological polar surface area (TPSA) is 66.8 Å². The molecular weight excluding hydrogens is 218 g/mol. The average molecular weight is 228 g/mol. The number of fused-ring (bicyclic) bond motifs is 1. The van der Waals surface area contributed by atoms with Crippen molar-refractivity contribution in [3.63, 3.8) is 0 Å². The summed E-state index contributed by atoms with van der Waals surface area (Å²) in [5, 5.41) is 0.119. The summed E-state index contributed by atoms with van der Waals surface area (Å²) in [7, 11) is 5.32. The molecule has 7 heteroatoms. The second-order valence-electron chi connectivity index (χ2n) is 3.40. The van der Waals surface area contributed by atoms with Gasteiger partial charge in [0.2, 0.25) is 5.28 Å². The van der Waals surface area contributed by atoms with E-state index in [2.05, 4.69) is 15.0 Å². The fourth-order valence-corrected chi connectivity index (χ4v) is 1.58. The van der Waals surface area contributed by atoms with E-state index in [0.29, 0.717) is 17.0 Å². The summed E-state index contributed by atoms with van der Waals surface area (Å²) in [6.07, 6.45) is 0. The van der Waals surface area contributed by atoms with Gasteiger partial charge in [-0.25, -0.2) is 4.79 Å². The van der Waals surface area contributed by atoms with Gasteiger partial charge in [0.15, 0.2) is 11.5 Å². The quantitative estimate of drug-likeness (QED) is 0.715. The summed E-state index contributed by atoms with van der Waals surface area (Å²) in [6, 6.07) is 0. The van der Waals surface area contributed by atoms with Crippen molar-refractivity contribution >= 4 is 28.6 Å². The highest BCUT2D eigenvalue weighted by atomic mass is 35.5. The number of hydrogen-bond donors (Lipinski definition) is 1. The van der Waals surface area contributed by atoms with Crippen LogP contribution < -0.4 is 10.6 Å². The van der Waals surface area contributed by atoms with Crippen LogP contribution in [0.4, 0.5) is 5.82 Å². The van der Waals surface area contributed by atoms with Gasteiger partial charge in [-0.3, -0.25) is 9.55 Å². The first-order valence-electron chi connectivity index (χ1n) is 4.30. The van der Waals surface area contributed by atoms with Crippen LogP contribution in [0.2, 0.25) is 5.28 Å². The van der Waals surface area contributed by atoms with Crippen LogP contribution >= 0.6 is 11.6 Å². The molecule has 0 aliphatic heterocycles. The molecule has 6 nitrogen and oxygen atoms in total. The van der Waals surface area contributed by atoms with Crippen LogP contribution in [-0.2, 0) is 7.05 Å². The van der Waals surface area contributed by atoms with E-state index in [-0.39, 0.29) is 11.0 Å². The molecule has 2 heterocycles. The van der Waals surface area contributed by atoms with Crippen LogP contribution in [-0.4, -0.2) is 33.6 Å². The molecule has 80 valence electrons. The number of anilines is 1. The molecule has 2 rings (SSSR count). The Labute approximate surface area is 90.5 Å². The van der Waals surface area contributed by atoms with E-state index in [0.717, 1.165) is 0 Å². The fourth-order valence-electron chi connectivity index (χ4n) is 1.41. The Bertz CT molecular complexity index is 570. The van der Waals surface area contributed by atoms with Crippen molar-refractivity contribution in [2.75, 3.05) is 19.0 Å². The normalized spacial score (nSPS) is 10.9. The monoisotopic (exact) mass is 227 g/mol. The molecule has 0 aliphatic carbocycles. The summed E-state index contributed by atoms with van der Waals surface area (Å²) >= 11 is 5.75. The largest absolute Gasteiger partial charge is 0.361 e. The van der Waals surface area contributed by atoms with Gasteiger partial charge in [0.05, 0.1) is 0 Å². The fraction of sp³-hybridized carbons (Fsp3) is 0.375. The standard InChI is InChI=1S/C8H10ClN5O/c1-13(2)6-4-5(10-7(9)12-6)11-8(15)14(4)3/h1-3H3,(H,10,11,12,15). The van der Waals surface area contributed by atoms with E-state index in [1.807, 2.05) is 14.1 Å². The van der Waals surface area contributed by atoms with Crippen molar-refractivity contribution in [1.29, 1.82) is 0 Å². The number of halogens is 1. The molecule has 0 bridgehead atoms. The lowest BCUT2D eigenvalue weighted by molar-refractivity contribution is 0.885. The molecular formula is C8H10ClN5O. The third-order valence-corrected chi connectivity index (χ3v) is 2.30. The van der Waals surface area contributed by atoms with E-state index in [4.69, 9.17) is 11.6 Å². The Morgan fingerprint density at radius 3 is 2.67 bits per heavy atom. The van der Waals surface area contributed by atoms with Gasteiger partial charge in [-0.1, -0.05) is 0 Å². The van der Waals surface area contributed by atoms with Crippen molar-refractivity contribution in [2.24, 2.45) is 7.05 Å². The van der Waals surface area contributed by atoms with Gasteiger partial charge >= 0.3 is 5.69 Å². The number of imidazole rings is 1. The predicted octanol–water partition coefficient (Wildman–Crippen LogP) is 0.376. The highest BCUT2D eigenvalue weighted by Gasteiger charge is 2.14. The second-order valence-corrected chi connectivity index (χ2v) is 3.74. The maximum absolute atomic E-state index is 11.4. The van der Waals surface area contributed by atoms with Crippen molar-refractivity contribution in [3.8, 4) is 0 Å². The molecule has 2 aromatic heterocycles. The van der Waals surface area contributed by atoms with Crippen LogP contribution in [0.3, 0.4) is 0 Å². The van der Waals surface area contributed by atoms with E-state index in [1.54, 1.807) is 11.9 Å². The Hall–Kier alpha value is -1.56. The summed E-state index contributed by atoms with van der Waals surface area (Å²) in [5.74, 6) is 0.617. The maximum atomic E-state index is 11.4. The van der Waals surface area contributed by atoms with Gasteiger partial charge < -0.3 is 4.90 Å². The molecule has 15 heavy (non-hydrogen) atoms. The van der Waals surface area contributed by atoms with E-state index in [9.17, 15) is 4.79 Å². The smallest absolute Gasteiger partial charge is 0.327 e. The third kappa shape index (κ3) is 1.46. The molecule has 0 amide bonds. The van der Waals surface area contributed by atoms with Crippen LogP contribution in [0.25, 0.3) is 11.2 Å². The number of nitrogens with zero attached hydrogens (tertiary/aromatic N) is 4. The molecule has 0 saturated carbocycles. The molecule has 0 unspecified atom stereocenters. The maximum Gasteiger partial charge on any atom is 0.327 e. The minimum Gasteiger partial charge on any atom is -0.361 e. The van der Waals surface area contributed by atoms with Crippen LogP contribution in [0.1, 0.15) is 0 Å². The lowest BCUT2D eigenvalue weighted by Crippen LogP contribution is -2.16. The summed E-state index contributed by atoms with van der Waals surface area (Å²) in [6.45, 7) is 0. The van der Waals surface area contributed by atoms with Crippen molar-refractivity contribution < 1.29 is 0 Å². The van der Waals surface area contributed by atoms with Crippen LogP contribution in [0.5, 0.6) is 0 Å². The number of H-pyrrole nitrogens is 1. The van der Waals surface area contributed by atoms with E-state index in [1.165, 1.54) is 4.57 Å². The lowest BCUT2D eigenvalue weighted by atomic mass is 10.4. The van der Waals surface area contributed by atoms with Gasteiger partial charge in [-0.05, 0) is 11.6 Å². The first-order chi connectivity index (χ1) is 7.00. The molecule has 0 saturated heterocycles. The third-order valence-electron chi connectivity index (χ3n) is 2.13. The number of aromatic nitrogens is 4. The molecule has 1 N–H and O–H groups in total. The number of rotatable bonds is 1. The number of aryl methyl sites for hydroxylation is 1. The molecule has 0 spiro atoms. The van der Waals surface area contributed by atoms with Crippen molar-refractivity contribution in [2.45, 2.75) is 0 Å². The first-order valence-corrected chi connectivity index (χ1v) is 4.68. The zero-order valence-corrected chi connectivity index (χ0v) is 9.33. The number of hydrogen-bond acceptors (Lipinski definition) is 4. The zero-order valence-electron chi connectivity index (χ0n) is 8.58. The van der Waals surface area contributed by atoms with Gasteiger partial charge in [0, 0.05) is 21.1 Å². The van der Waals surface area contributed by atoms with Crippen molar-refractivity contribution in [3.05, 3.63) is 15.8 Å². The van der Waals surface area contributed by atoms with E-state index < -0.39 is 0 Å². The summed E-state index contributed by atoms with van der Waals surface area (Å²) < 4.78 is 1.46. The second kappa shape index (κ2) is 3.23. The average Bonchev–Trinajstić information content (AvgIpc) is 2.41. The summed E-state index contributed by atoms with van der Waals surface area (Å²) in [4.78, 5) is 23.8.